The van der Waals surface area contributed by atoms with E-state index in [4.69, 9.17) is 5.11 Å². The van der Waals surface area contributed by atoms with Gasteiger partial charge in [-0.3, -0.25) is 4.98 Å². The largest absolute Gasteiger partial charge is 0.396 e. The van der Waals surface area contributed by atoms with Crippen LogP contribution in [0.2, 0.25) is 0 Å². The average molecular weight is 169 g/mol. The highest BCUT2D eigenvalue weighted by Gasteiger charge is 1.90. The molecule has 0 amide bonds. The van der Waals surface area contributed by atoms with Crippen molar-refractivity contribution < 1.29 is 5.11 Å². The van der Waals surface area contributed by atoms with E-state index in [1.54, 1.807) is 6.07 Å². The van der Waals surface area contributed by atoms with Gasteiger partial charge in [0.25, 0.3) is 0 Å². The fourth-order valence-electron chi connectivity index (χ4n) is 0.774. The zero-order valence-corrected chi connectivity index (χ0v) is 6.58. The molecule has 0 spiro atoms. The Morgan fingerprint density at radius 1 is 1.67 bits per heavy atom. The first-order valence-electron chi connectivity index (χ1n) is 3.73. The summed E-state index contributed by atoms with van der Waals surface area (Å²) in [7, 11) is 0. The molecular weight excluding hydrogens is 158 g/mol. The molecule has 0 atom stereocenters. The van der Waals surface area contributed by atoms with Crippen molar-refractivity contribution in [3.05, 3.63) is 22.7 Å². The van der Waals surface area contributed by atoms with Crippen LogP contribution in [0.25, 0.3) is 0 Å². The lowest BCUT2D eigenvalue weighted by Gasteiger charge is -2.02. The maximum absolute atomic E-state index is 10.7. The molecule has 0 bridgehead atoms. The number of hydrogen-bond acceptors (Lipinski definition) is 4. The molecule has 0 radical (unpaired) electrons. The molecule has 12 heavy (non-hydrogen) atoms. The Balaban J connectivity index is 2.47. The standard InChI is InChI=1S/C7H11N3O2/c11-5-1-3-8-6-2-4-9-7(12)10-6/h2,4,11H,1,3,5H2,(H2,8,9,10,12). The van der Waals surface area contributed by atoms with Gasteiger partial charge in [0.1, 0.15) is 5.82 Å². The van der Waals surface area contributed by atoms with E-state index in [9.17, 15) is 4.79 Å². The van der Waals surface area contributed by atoms with Gasteiger partial charge in [-0.2, -0.15) is 0 Å². The maximum atomic E-state index is 10.7. The molecule has 3 N–H and O–H groups in total. The SMILES string of the molecule is O=c1nccc(NCCCO)[nH]1. The summed E-state index contributed by atoms with van der Waals surface area (Å²) in [6, 6.07) is 1.67. The molecule has 1 heterocycles. The van der Waals surface area contributed by atoms with Crippen molar-refractivity contribution in [2.75, 3.05) is 18.5 Å². The normalized spacial score (nSPS) is 9.75. The Morgan fingerprint density at radius 3 is 3.17 bits per heavy atom. The molecule has 0 aliphatic carbocycles. The maximum Gasteiger partial charge on any atom is 0.346 e. The second kappa shape index (κ2) is 4.50. The van der Waals surface area contributed by atoms with Gasteiger partial charge in [-0.1, -0.05) is 0 Å². The summed E-state index contributed by atoms with van der Waals surface area (Å²) >= 11 is 0. The van der Waals surface area contributed by atoms with Gasteiger partial charge in [0.2, 0.25) is 0 Å². The molecular formula is C7H11N3O2. The van der Waals surface area contributed by atoms with Crippen LogP contribution in [-0.4, -0.2) is 28.2 Å². The predicted octanol–water partition coefficient (Wildman–Crippen LogP) is -0.436. The van der Waals surface area contributed by atoms with E-state index >= 15 is 0 Å². The topological polar surface area (TPSA) is 78.0 Å². The predicted molar refractivity (Wildman–Crippen MR) is 45.1 cm³/mol. The minimum atomic E-state index is -0.371. The van der Waals surface area contributed by atoms with Gasteiger partial charge in [0, 0.05) is 19.3 Å². The van der Waals surface area contributed by atoms with Crippen molar-refractivity contribution in [1.29, 1.82) is 0 Å². The molecule has 5 nitrogen and oxygen atoms in total. The van der Waals surface area contributed by atoms with Crippen LogP contribution in [0.5, 0.6) is 0 Å². The van der Waals surface area contributed by atoms with Crippen LogP contribution >= 0.6 is 0 Å². The third kappa shape index (κ3) is 2.71. The number of nitrogens with one attached hydrogen (secondary N) is 2. The highest BCUT2D eigenvalue weighted by Crippen LogP contribution is 1.94. The average Bonchev–Trinajstić information content (AvgIpc) is 2.05. The zero-order valence-electron chi connectivity index (χ0n) is 6.58. The Kier molecular flexibility index (Phi) is 3.28. The Morgan fingerprint density at radius 2 is 2.50 bits per heavy atom. The zero-order chi connectivity index (χ0) is 8.81. The number of nitrogens with zero attached hydrogens (tertiary/aromatic N) is 1. The van der Waals surface area contributed by atoms with Crippen LogP contribution in [0.1, 0.15) is 6.42 Å². The molecule has 0 fully saturated rings. The van der Waals surface area contributed by atoms with Gasteiger partial charge in [0.15, 0.2) is 0 Å². The van der Waals surface area contributed by atoms with Gasteiger partial charge in [-0.15, -0.1) is 0 Å². The van der Waals surface area contributed by atoms with Crippen molar-refractivity contribution in [3.8, 4) is 0 Å². The van der Waals surface area contributed by atoms with E-state index in [-0.39, 0.29) is 12.3 Å². The van der Waals surface area contributed by atoms with E-state index in [0.717, 1.165) is 0 Å². The van der Waals surface area contributed by atoms with Gasteiger partial charge >= 0.3 is 5.69 Å². The first kappa shape index (κ1) is 8.73. The van der Waals surface area contributed by atoms with E-state index in [0.29, 0.717) is 18.8 Å². The summed E-state index contributed by atoms with van der Waals surface area (Å²) in [4.78, 5) is 16.6. The second-order valence-corrected chi connectivity index (χ2v) is 2.29. The molecule has 1 aromatic heterocycles. The molecule has 1 rings (SSSR count). The Hall–Kier alpha value is -1.36. The molecule has 0 aromatic carbocycles. The number of hydrogen-bond donors (Lipinski definition) is 3. The molecule has 0 aliphatic heterocycles. The number of anilines is 1. The van der Waals surface area contributed by atoms with E-state index in [1.807, 2.05) is 0 Å². The molecule has 1 aromatic rings. The molecule has 5 heteroatoms. The second-order valence-electron chi connectivity index (χ2n) is 2.29. The summed E-state index contributed by atoms with van der Waals surface area (Å²) in [5, 5.41) is 11.4. The van der Waals surface area contributed by atoms with Crippen LogP contribution in [0.3, 0.4) is 0 Å². The summed E-state index contributed by atoms with van der Waals surface area (Å²) < 4.78 is 0. The molecule has 0 saturated heterocycles. The van der Waals surface area contributed by atoms with Crippen molar-refractivity contribution in [2.24, 2.45) is 0 Å². The van der Waals surface area contributed by atoms with Crippen molar-refractivity contribution in [1.82, 2.24) is 9.97 Å². The Labute approximate surface area is 69.5 Å². The highest BCUT2D eigenvalue weighted by atomic mass is 16.3. The number of rotatable bonds is 4. The minimum absolute atomic E-state index is 0.141. The molecule has 66 valence electrons. The summed E-state index contributed by atoms with van der Waals surface area (Å²) in [5.41, 5.74) is -0.371. The van der Waals surface area contributed by atoms with Crippen LogP contribution in [-0.2, 0) is 0 Å². The third-order valence-electron chi connectivity index (χ3n) is 1.32. The number of aromatic nitrogens is 2. The quantitative estimate of drug-likeness (QED) is 0.534. The van der Waals surface area contributed by atoms with E-state index in [2.05, 4.69) is 15.3 Å². The lowest BCUT2D eigenvalue weighted by atomic mass is 10.4. The highest BCUT2D eigenvalue weighted by molar-refractivity contribution is 5.31. The van der Waals surface area contributed by atoms with Gasteiger partial charge < -0.3 is 10.4 Å². The van der Waals surface area contributed by atoms with Crippen LogP contribution in [0.15, 0.2) is 17.1 Å². The molecule has 0 unspecified atom stereocenters. The minimum Gasteiger partial charge on any atom is -0.396 e. The van der Waals surface area contributed by atoms with Crippen LogP contribution < -0.4 is 11.0 Å². The fraction of sp³-hybridized carbons (Fsp3) is 0.429. The lowest BCUT2D eigenvalue weighted by Crippen LogP contribution is -2.13. The number of aliphatic hydroxyl groups is 1. The smallest absolute Gasteiger partial charge is 0.346 e. The van der Waals surface area contributed by atoms with Crippen LogP contribution in [0.4, 0.5) is 5.82 Å². The Bertz CT molecular complexity index is 284. The third-order valence-corrected chi connectivity index (χ3v) is 1.32. The van der Waals surface area contributed by atoms with E-state index in [1.165, 1.54) is 6.20 Å². The monoisotopic (exact) mass is 169 g/mol. The van der Waals surface area contributed by atoms with Crippen LogP contribution in [0, 0.1) is 0 Å². The summed E-state index contributed by atoms with van der Waals surface area (Å²) in [5.74, 6) is 0.628. The lowest BCUT2D eigenvalue weighted by molar-refractivity contribution is 0.292. The van der Waals surface area contributed by atoms with Gasteiger partial charge in [-0.25, -0.2) is 9.78 Å². The van der Waals surface area contributed by atoms with Gasteiger partial charge in [0.05, 0.1) is 0 Å². The first-order valence-corrected chi connectivity index (χ1v) is 3.73. The summed E-state index contributed by atoms with van der Waals surface area (Å²) in [6.07, 6.45) is 2.09. The van der Waals surface area contributed by atoms with Crippen molar-refractivity contribution >= 4 is 5.82 Å². The number of H-pyrrole nitrogens is 1. The first-order chi connectivity index (χ1) is 5.83. The summed E-state index contributed by atoms with van der Waals surface area (Å²) in [6.45, 7) is 0.777. The van der Waals surface area contributed by atoms with Gasteiger partial charge in [-0.05, 0) is 12.5 Å². The van der Waals surface area contributed by atoms with Crippen molar-refractivity contribution in [3.63, 3.8) is 0 Å². The van der Waals surface area contributed by atoms with E-state index < -0.39 is 0 Å². The van der Waals surface area contributed by atoms with Crippen molar-refractivity contribution in [2.45, 2.75) is 6.42 Å². The number of aromatic amines is 1. The fourth-order valence-corrected chi connectivity index (χ4v) is 0.774. The molecule has 0 aliphatic rings. The molecule has 0 saturated carbocycles. The number of aliphatic hydroxyl groups excluding tert-OH is 1.